The van der Waals surface area contributed by atoms with Crippen LogP contribution < -0.4 is 4.90 Å². The Hall–Kier alpha value is -6.44. The van der Waals surface area contributed by atoms with Crippen LogP contribution in [-0.2, 0) is 16.2 Å². The molecule has 0 aliphatic heterocycles. The van der Waals surface area contributed by atoms with Gasteiger partial charge in [0.2, 0.25) is 0 Å². The first-order valence-corrected chi connectivity index (χ1v) is 23.2. The molecule has 0 amide bonds. The summed E-state index contributed by atoms with van der Waals surface area (Å²) in [4.78, 5) is 2.48. The van der Waals surface area contributed by atoms with Crippen molar-refractivity contribution in [1.29, 1.82) is 0 Å². The lowest BCUT2D eigenvalue weighted by molar-refractivity contribution is 0.443. The van der Waals surface area contributed by atoms with E-state index in [-0.39, 0.29) is 10.8 Å². The number of rotatable bonds is 5. The average molecular weight is 815 g/mol. The van der Waals surface area contributed by atoms with Crippen molar-refractivity contribution in [3.05, 3.63) is 220 Å². The molecule has 1 nitrogen and oxygen atoms in total. The first-order chi connectivity index (χ1) is 31.0. The quantitative estimate of drug-likeness (QED) is 0.167. The van der Waals surface area contributed by atoms with Gasteiger partial charge in [0.05, 0.1) is 5.41 Å². The van der Waals surface area contributed by atoms with Gasteiger partial charge in [-0.25, -0.2) is 0 Å². The Balaban J connectivity index is 1.05. The SMILES string of the molecule is [2H]C1(c2ccc(-c3ccc(N(c4ccc5c(c4)-c4ccccc4C5(C)C)c4ccc5c(c4)C4(c6ccccc6-5)c5ccccc5-c5ccc(C(C)(C)C)cc54)cc3)cc2)CCCCC1. The van der Waals surface area contributed by atoms with Crippen molar-refractivity contribution in [1.82, 2.24) is 0 Å². The Bertz CT molecular complexity index is 3140. The minimum Gasteiger partial charge on any atom is -0.310 e. The van der Waals surface area contributed by atoms with Crippen LogP contribution >= 0.6 is 0 Å². The third-order valence-electron chi connectivity index (χ3n) is 15.2. The molecule has 12 rings (SSSR count). The third kappa shape index (κ3) is 5.68. The highest BCUT2D eigenvalue weighted by molar-refractivity contribution is 5.97. The molecular weight excluding hydrogens is 759 g/mol. The van der Waals surface area contributed by atoms with E-state index in [1.807, 2.05) is 0 Å². The first-order valence-electron chi connectivity index (χ1n) is 23.7. The van der Waals surface area contributed by atoms with Crippen LogP contribution in [0.15, 0.2) is 176 Å². The zero-order valence-electron chi connectivity index (χ0n) is 38.2. The van der Waals surface area contributed by atoms with E-state index < -0.39 is 11.3 Å². The zero-order valence-corrected chi connectivity index (χ0v) is 37.2. The fourth-order valence-electron chi connectivity index (χ4n) is 12.0. The van der Waals surface area contributed by atoms with E-state index in [0.29, 0.717) is 0 Å². The van der Waals surface area contributed by atoms with Gasteiger partial charge in [0.15, 0.2) is 0 Å². The van der Waals surface area contributed by atoms with E-state index in [1.165, 1.54) is 89.9 Å². The molecule has 8 aromatic carbocycles. The summed E-state index contributed by atoms with van der Waals surface area (Å²) < 4.78 is 9.22. The van der Waals surface area contributed by atoms with Gasteiger partial charge >= 0.3 is 0 Å². The highest BCUT2D eigenvalue weighted by Gasteiger charge is 2.52. The molecule has 1 heteroatoms. The number of nitrogens with zero attached hydrogens (tertiary/aromatic N) is 1. The van der Waals surface area contributed by atoms with Crippen LogP contribution in [0.3, 0.4) is 0 Å². The standard InChI is InChI=1S/C62H55N/c1-60(2,3)44-29-34-51-48-17-10-13-21-56(48)62(58(51)37-44)57-22-14-11-18-49(57)52-35-32-47(39-59(52)62)63(46-33-36-55-53(38-46)50-19-9-12-20-54(50)61(55,4)5)45-30-27-43(28-31-45)42-25-23-41(24-26-42)40-15-7-6-8-16-40/h9-14,17-40H,6-8,15-16H2,1-5H3/i40D. The van der Waals surface area contributed by atoms with Crippen molar-refractivity contribution in [2.45, 2.75) is 88.9 Å². The van der Waals surface area contributed by atoms with Gasteiger partial charge in [0.25, 0.3) is 0 Å². The predicted molar refractivity (Wildman–Crippen MR) is 265 cm³/mol. The lowest BCUT2D eigenvalue weighted by atomic mass is 9.69. The maximum Gasteiger partial charge on any atom is 0.0726 e. The molecule has 0 heterocycles. The largest absolute Gasteiger partial charge is 0.310 e. The van der Waals surface area contributed by atoms with Gasteiger partial charge < -0.3 is 4.90 Å². The molecule has 8 aromatic rings. The second-order valence-corrected chi connectivity index (χ2v) is 20.1. The Morgan fingerprint density at radius 3 is 1.56 bits per heavy atom. The lowest BCUT2D eigenvalue weighted by Crippen LogP contribution is -2.27. The highest BCUT2D eigenvalue weighted by atomic mass is 15.1. The number of hydrogen-bond acceptors (Lipinski definition) is 1. The molecule has 308 valence electrons. The van der Waals surface area contributed by atoms with Crippen LogP contribution in [-0.4, -0.2) is 0 Å². The lowest BCUT2D eigenvalue weighted by Gasteiger charge is -2.33. The summed E-state index contributed by atoms with van der Waals surface area (Å²) in [6, 6.07) is 67.0. The summed E-state index contributed by atoms with van der Waals surface area (Å²) >= 11 is 0. The van der Waals surface area contributed by atoms with Gasteiger partial charge in [-0.05, 0) is 150 Å². The molecule has 1 unspecified atom stereocenters. The highest BCUT2D eigenvalue weighted by Crippen LogP contribution is 2.64. The summed E-state index contributed by atoms with van der Waals surface area (Å²) in [7, 11) is 0. The van der Waals surface area contributed by atoms with Crippen LogP contribution in [0.2, 0.25) is 0 Å². The van der Waals surface area contributed by atoms with Crippen LogP contribution in [0.1, 0.15) is 118 Å². The summed E-state index contributed by atoms with van der Waals surface area (Å²) in [6.45, 7) is 11.7. The summed E-state index contributed by atoms with van der Waals surface area (Å²) in [5.41, 5.74) is 23.8. The zero-order chi connectivity index (χ0) is 43.6. The predicted octanol–water partition coefficient (Wildman–Crippen LogP) is 16.8. The van der Waals surface area contributed by atoms with E-state index in [1.54, 1.807) is 0 Å². The third-order valence-corrected chi connectivity index (χ3v) is 15.2. The van der Waals surface area contributed by atoms with Gasteiger partial charge in [0.1, 0.15) is 0 Å². The molecule has 4 aliphatic carbocycles. The van der Waals surface area contributed by atoms with Crippen LogP contribution in [0.5, 0.6) is 0 Å². The molecular formula is C62H55N. The van der Waals surface area contributed by atoms with E-state index in [4.69, 9.17) is 0 Å². The van der Waals surface area contributed by atoms with Crippen LogP contribution in [0.4, 0.5) is 17.1 Å². The van der Waals surface area contributed by atoms with Gasteiger partial charge in [-0.2, -0.15) is 0 Å². The van der Waals surface area contributed by atoms with E-state index in [0.717, 1.165) is 48.3 Å². The van der Waals surface area contributed by atoms with Crippen molar-refractivity contribution in [2.24, 2.45) is 0 Å². The van der Waals surface area contributed by atoms with Gasteiger partial charge in [0, 0.05) is 23.8 Å². The molecule has 4 aliphatic rings. The normalized spacial score (nSPS) is 18.5. The molecule has 1 spiro atoms. The van der Waals surface area contributed by atoms with Crippen molar-refractivity contribution in [3.8, 4) is 44.5 Å². The molecule has 0 N–H and O–H groups in total. The van der Waals surface area contributed by atoms with E-state index in [2.05, 4.69) is 215 Å². The van der Waals surface area contributed by atoms with Crippen molar-refractivity contribution >= 4 is 17.1 Å². The fraction of sp³-hybridized carbons (Fsp3) is 0.226. The van der Waals surface area contributed by atoms with Crippen molar-refractivity contribution in [2.75, 3.05) is 4.90 Å². The number of anilines is 3. The first kappa shape index (κ1) is 37.1. The van der Waals surface area contributed by atoms with Crippen molar-refractivity contribution < 1.29 is 1.37 Å². The Kier molecular flexibility index (Phi) is 8.27. The topological polar surface area (TPSA) is 3.24 Å². The summed E-state index contributed by atoms with van der Waals surface area (Å²) in [5, 5.41) is 0. The van der Waals surface area contributed by atoms with Crippen molar-refractivity contribution in [3.63, 3.8) is 0 Å². The molecule has 0 aromatic heterocycles. The minimum absolute atomic E-state index is 0.00127. The minimum atomic E-state index is -0.465. The maximum atomic E-state index is 9.22. The molecule has 0 saturated heterocycles. The Morgan fingerprint density at radius 1 is 0.444 bits per heavy atom. The summed E-state index contributed by atoms with van der Waals surface area (Å²) in [6.07, 6.45) is 5.45. The smallest absolute Gasteiger partial charge is 0.0726 e. The molecule has 63 heavy (non-hydrogen) atoms. The molecule has 1 atom stereocenters. The fourth-order valence-corrected chi connectivity index (χ4v) is 12.0. The van der Waals surface area contributed by atoms with Gasteiger partial charge in [-0.3, -0.25) is 0 Å². The second kappa shape index (κ2) is 14.0. The maximum absolute atomic E-state index is 9.22. The second-order valence-electron chi connectivity index (χ2n) is 20.1. The molecule has 1 fully saturated rings. The average Bonchev–Trinajstić information content (AvgIpc) is 3.87. The molecule has 0 radical (unpaired) electrons. The van der Waals surface area contributed by atoms with Crippen LogP contribution in [0.25, 0.3) is 44.5 Å². The van der Waals surface area contributed by atoms with E-state index >= 15 is 0 Å². The Morgan fingerprint density at radius 2 is 0.921 bits per heavy atom. The van der Waals surface area contributed by atoms with Gasteiger partial charge in [-0.1, -0.05) is 193 Å². The van der Waals surface area contributed by atoms with Crippen LogP contribution in [0, 0.1) is 0 Å². The molecule has 0 bridgehead atoms. The summed E-state index contributed by atoms with van der Waals surface area (Å²) in [5.74, 6) is -0.458. The van der Waals surface area contributed by atoms with E-state index in [9.17, 15) is 1.37 Å². The number of hydrogen-bond donors (Lipinski definition) is 0. The Labute approximate surface area is 375 Å². The molecule has 1 saturated carbocycles. The number of benzene rings is 8. The number of fused-ring (bicyclic) bond motifs is 13. The van der Waals surface area contributed by atoms with Gasteiger partial charge in [-0.15, -0.1) is 0 Å². The monoisotopic (exact) mass is 814 g/mol.